The van der Waals surface area contributed by atoms with E-state index in [-0.39, 0.29) is 10.7 Å². The molecule has 6 heteroatoms. The van der Waals surface area contributed by atoms with E-state index in [0.717, 1.165) is 10.9 Å². The van der Waals surface area contributed by atoms with Crippen LogP contribution in [0.1, 0.15) is 23.6 Å². The van der Waals surface area contributed by atoms with Gasteiger partial charge in [-0.2, -0.15) is 5.26 Å². The van der Waals surface area contributed by atoms with Gasteiger partial charge in [0.15, 0.2) is 0 Å². The van der Waals surface area contributed by atoms with E-state index in [4.69, 9.17) is 16.3 Å². The molecule has 2 aromatic heterocycles. The number of hydrogen-bond acceptors (Lipinski definition) is 4. The number of halogens is 1. The van der Waals surface area contributed by atoms with Gasteiger partial charge in [0.25, 0.3) is 5.56 Å². The van der Waals surface area contributed by atoms with Crippen molar-refractivity contribution in [2.24, 2.45) is 0 Å². The van der Waals surface area contributed by atoms with Gasteiger partial charge in [0, 0.05) is 17.1 Å². The van der Waals surface area contributed by atoms with Gasteiger partial charge in [-0.15, -0.1) is 0 Å². The van der Waals surface area contributed by atoms with E-state index in [1.165, 1.54) is 7.11 Å². The van der Waals surface area contributed by atoms with E-state index >= 15 is 0 Å². The van der Waals surface area contributed by atoms with Gasteiger partial charge >= 0.3 is 0 Å². The number of methoxy groups -OCH3 is 1. The second-order valence-corrected chi connectivity index (χ2v) is 6.10. The molecule has 3 aromatic rings. The van der Waals surface area contributed by atoms with E-state index in [1.807, 2.05) is 25.1 Å². The normalized spacial score (nSPS) is 11.4. The minimum absolute atomic E-state index is 0.106. The molecule has 1 N–H and O–H groups in total. The first-order chi connectivity index (χ1) is 12.5. The predicted octanol–water partition coefficient (Wildman–Crippen LogP) is 4.21. The zero-order valence-corrected chi connectivity index (χ0v) is 15.1. The molecule has 0 saturated carbocycles. The lowest BCUT2D eigenvalue weighted by Crippen LogP contribution is -2.11. The van der Waals surface area contributed by atoms with Gasteiger partial charge in [-0.3, -0.25) is 4.79 Å². The lowest BCUT2D eigenvalue weighted by Gasteiger charge is -2.06. The summed E-state index contributed by atoms with van der Waals surface area (Å²) in [6.45, 7) is 1.94. The second-order valence-electron chi connectivity index (χ2n) is 5.71. The van der Waals surface area contributed by atoms with E-state index in [0.29, 0.717) is 34.5 Å². The molecule has 0 saturated heterocycles. The van der Waals surface area contributed by atoms with Crippen LogP contribution in [0.25, 0.3) is 22.6 Å². The maximum atomic E-state index is 12.0. The fraction of sp³-hybridized carbons (Fsp3) is 0.150. The Morgan fingerprint density at radius 3 is 2.85 bits per heavy atom. The van der Waals surface area contributed by atoms with Crippen molar-refractivity contribution < 1.29 is 4.74 Å². The largest absolute Gasteiger partial charge is 0.481 e. The Labute approximate surface area is 155 Å². The summed E-state index contributed by atoms with van der Waals surface area (Å²) >= 11 is 5.98. The third kappa shape index (κ3) is 3.61. The molecular formula is C20H16ClN3O2. The highest BCUT2D eigenvalue weighted by molar-refractivity contribution is 6.29. The van der Waals surface area contributed by atoms with Crippen LogP contribution in [-0.2, 0) is 6.42 Å². The molecule has 130 valence electrons. The summed E-state index contributed by atoms with van der Waals surface area (Å²) in [7, 11) is 1.50. The minimum Gasteiger partial charge on any atom is -0.481 e. The number of fused-ring (bicyclic) bond motifs is 1. The topological polar surface area (TPSA) is 78.8 Å². The molecule has 0 amide bonds. The zero-order valence-electron chi connectivity index (χ0n) is 14.3. The molecule has 0 aliphatic heterocycles. The quantitative estimate of drug-likeness (QED) is 0.554. The summed E-state index contributed by atoms with van der Waals surface area (Å²) < 4.78 is 5.10. The summed E-state index contributed by atoms with van der Waals surface area (Å²) in [4.78, 5) is 18.9. The molecule has 0 aliphatic rings. The Morgan fingerprint density at radius 2 is 2.15 bits per heavy atom. The van der Waals surface area contributed by atoms with Gasteiger partial charge < -0.3 is 9.72 Å². The van der Waals surface area contributed by atoms with Gasteiger partial charge in [-0.25, -0.2) is 4.98 Å². The molecule has 0 fully saturated rings. The monoisotopic (exact) mass is 365 g/mol. The van der Waals surface area contributed by atoms with E-state index in [9.17, 15) is 10.1 Å². The number of pyridine rings is 2. The number of aromatic nitrogens is 2. The van der Waals surface area contributed by atoms with E-state index in [2.05, 4.69) is 16.0 Å². The summed E-state index contributed by atoms with van der Waals surface area (Å²) in [5.41, 5.74) is 3.16. The molecule has 2 heterocycles. The average Bonchev–Trinajstić information content (AvgIpc) is 2.64. The first kappa shape index (κ1) is 17.7. The van der Waals surface area contributed by atoms with Crippen molar-refractivity contribution in [3.63, 3.8) is 0 Å². The van der Waals surface area contributed by atoms with Crippen molar-refractivity contribution in [3.8, 4) is 11.9 Å². The van der Waals surface area contributed by atoms with Gasteiger partial charge in [0.2, 0.25) is 5.88 Å². The van der Waals surface area contributed by atoms with E-state index < -0.39 is 0 Å². The van der Waals surface area contributed by atoms with Gasteiger partial charge in [-0.05, 0) is 47.2 Å². The van der Waals surface area contributed by atoms with Crippen molar-refractivity contribution in [1.29, 1.82) is 5.26 Å². The SMILES string of the molecule is CCc1cc2ccc(/C(C#N)=C/c3cc(Cl)nc(OC)c3)cc2[nH]c1=O. The van der Waals surface area contributed by atoms with Crippen LogP contribution in [0.4, 0.5) is 0 Å². The summed E-state index contributed by atoms with van der Waals surface area (Å²) in [5, 5.41) is 10.8. The van der Waals surface area contributed by atoms with Crippen LogP contribution in [-0.4, -0.2) is 17.1 Å². The Kier molecular flexibility index (Phi) is 5.06. The maximum Gasteiger partial charge on any atom is 0.251 e. The number of nitrogens with one attached hydrogen (secondary N) is 1. The average molecular weight is 366 g/mol. The minimum atomic E-state index is -0.106. The molecule has 0 spiro atoms. The number of ether oxygens (including phenoxy) is 1. The van der Waals surface area contributed by atoms with Crippen LogP contribution in [0.2, 0.25) is 5.15 Å². The lowest BCUT2D eigenvalue weighted by molar-refractivity contribution is 0.398. The summed E-state index contributed by atoms with van der Waals surface area (Å²) in [6.07, 6.45) is 2.37. The van der Waals surface area contributed by atoms with Crippen LogP contribution >= 0.6 is 11.6 Å². The molecule has 0 bridgehead atoms. The summed E-state index contributed by atoms with van der Waals surface area (Å²) in [6, 6.07) is 13.0. The number of benzene rings is 1. The Hall–Kier alpha value is -3.10. The number of rotatable bonds is 4. The van der Waals surface area contributed by atoms with Crippen molar-refractivity contribution >= 4 is 34.2 Å². The van der Waals surface area contributed by atoms with Crippen molar-refractivity contribution in [2.75, 3.05) is 7.11 Å². The second kappa shape index (κ2) is 7.42. The summed E-state index contributed by atoms with van der Waals surface area (Å²) in [5.74, 6) is 0.371. The number of H-pyrrole nitrogens is 1. The zero-order chi connectivity index (χ0) is 18.7. The fourth-order valence-electron chi connectivity index (χ4n) is 2.70. The third-order valence-corrected chi connectivity index (χ3v) is 4.24. The number of aromatic amines is 1. The van der Waals surface area contributed by atoms with Gasteiger partial charge in [0.1, 0.15) is 5.15 Å². The third-order valence-electron chi connectivity index (χ3n) is 4.05. The Balaban J connectivity index is 2.09. The van der Waals surface area contributed by atoms with Crippen LogP contribution < -0.4 is 10.3 Å². The molecule has 26 heavy (non-hydrogen) atoms. The maximum absolute atomic E-state index is 12.0. The van der Waals surface area contributed by atoms with E-state index in [1.54, 1.807) is 24.3 Å². The highest BCUT2D eigenvalue weighted by Gasteiger charge is 2.07. The molecular weight excluding hydrogens is 350 g/mol. The smallest absolute Gasteiger partial charge is 0.251 e. The highest BCUT2D eigenvalue weighted by Crippen LogP contribution is 2.24. The Morgan fingerprint density at radius 1 is 1.35 bits per heavy atom. The number of nitrogens with zero attached hydrogens (tertiary/aromatic N) is 2. The molecule has 1 aromatic carbocycles. The molecule has 0 atom stereocenters. The highest BCUT2D eigenvalue weighted by atomic mass is 35.5. The van der Waals surface area contributed by atoms with Crippen LogP contribution in [0.3, 0.4) is 0 Å². The molecule has 5 nitrogen and oxygen atoms in total. The van der Waals surface area contributed by atoms with Gasteiger partial charge in [-0.1, -0.05) is 30.7 Å². The van der Waals surface area contributed by atoms with Gasteiger partial charge in [0.05, 0.1) is 18.8 Å². The molecule has 0 radical (unpaired) electrons. The number of nitriles is 1. The van der Waals surface area contributed by atoms with Crippen LogP contribution in [0, 0.1) is 11.3 Å². The number of hydrogen-bond donors (Lipinski definition) is 1. The fourth-order valence-corrected chi connectivity index (χ4v) is 2.91. The standard InChI is InChI=1S/C20H16ClN3O2/c1-3-13-9-15-5-4-14(10-17(15)23-20(13)25)16(11-22)6-12-7-18(21)24-19(8-12)26-2/h4-10H,3H2,1-2H3,(H,23,25)/b16-6+. The molecule has 0 unspecified atom stereocenters. The Bertz CT molecular complexity index is 1110. The van der Waals surface area contributed by atoms with Crippen molar-refractivity contribution in [1.82, 2.24) is 9.97 Å². The van der Waals surface area contributed by atoms with Crippen LogP contribution in [0.5, 0.6) is 5.88 Å². The molecule has 3 rings (SSSR count). The van der Waals surface area contributed by atoms with Crippen molar-refractivity contribution in [2.45, 2.75) is 13.3 Å². The first-order valence-corrected chi connectivity index (χ1v) is 8.41. The van der Waals surface area contributed by atoms with Crippen LogP contribution in [0.15, 0.2) is 41.2 Å². The number of allylic oxidation sites excluding steroid dienone is 1. The van der Waals surface area contributed by atoms with Crippen molar-refractivity contribution in [3.05, 3.63) is 68.6 Å². The predicted molar refractivity (Wildman–Crippen MR) is 103 cm³/mol. The lowest BCUT2D eigenvalue weighted by atomic mass is 10.0. The molecule has 0 aliphatic carbocycles. The number of aryl methyl sites for hydroxylation is 1. The first-order valence-electron chi connectivity index (χ1n) is 8.03.